The predicted octanol–water partition coefficient (Wildman–Crippen LogP) is 5.94. The van der Waals surface area contributed by atoms with Crippen molar-refractivity contribution in [2.24, 2.45) is 0 Å². The van der Waals surface area contributed by atoms with Crippen molar-refractivity contribution in [2.75, 3.05) is 20.2 Å². The molecule has 0 saturated heterocycles. The number of ketones is 1. The van der Waals surface area contributed by atoms with Gasteiger partial charge in [0.1, 0.15) is 11.4 Å². The molecule has 0 radical (unpaired) electrons. The summed E-state index contributed by atoms with van der Waals surface area (Å²) in [6.45, 7) is 10.7. The van der Waals surface area contributed by atoms with Gasteiger partial charge >= 0.3 is 6.09 Å². The molecule has 0 spiro atoms. The van der Waals surface area contributed by atoms with Crippen LogP contribution in [0.5, 0.6) is 5.75 Å². The van der Waals surface area contributed by atoms with Gasteiger partial charge in [0.15, 0.2) is 5.78 Å². The number of rotatable bonds is 2. The standard InChI is InChI=1S/C30H31N3O4/c1-29(2,3)37-28(35)33-11-9-18(10-12-33)20-14-21-22(15-24(20)36-6)30(4,5)27-25(26(21)34)19-8-7-17(16-31)13-23(19)32-27/h7-9,13-15,32H,10-12H2,1-6H3. The van der Waals surface area contributed by atoms with E-state index in [-0.39, 0.29) is 11.9 Å². The maximum Gasteiger partial charge on any atom is 0.410 e. The number of fused-ring (bicyclic) bond motifs is 4. The minimum absolute atomic E-state index is 0.0454. The van der Waals surface area contributed by atoms with Crippen LogP contribution in [0.1, 0.15) is 79.3 Å². The summed E-state index contributed by atoms with van der Waals surface area (Å²) in [7, 11) is 1.64. The second-order valence-corrected chi connectivity index (χ2v) is 11.2. The number of amides is 1. The number of methoxy groups -OCH3 is 1. The van der Waals surface area contributed by atoms with Crippen LogP contribution in [0.15, 0.2) is 36.4 Å². The van der Waals surface area contributed by atoms with Crippen LogP contribution < -0.4 is 4.74 Å². The highest BCUT2D eigenvalue weighted by Gasteiger charge is 2.40. The second-order valence-electron chi connectivity index (χ2n) is 11.2. The summed E-state index contributed by atoms with van der Waals surface area (Å²) in [5.41, 5.74) is 5.23. The van der Waals surface area contributed by atoms with Crippen LogP contribution in [0, 0.1) is 11.3 Å². The van der Waals surface area contributed by atoms with Crippen LogP contribution in [0.3, 0.4) is 0 Å². The van der Waals surface area contributed by atoms with E-state index >= 15 is 0 Å². The van der Waals surface area contributed by atoms with E-state index < -0.39 is 11.0 Å². The Hall–Kier alpha value is -4.05. The van der Waals surface area contributed by atoms with E-state index in [1.54, 1.807) is 24.1 Å². The molecule has 2 aromatic carbocycles. The minimum Gasteiger partial charge on any atom is -0.496 e. The Morgan fingerprint density at radius 3 is 2.54 bits per heavy atom. The molecule has 5 rings (SSSR count). The Morgan fingerprint density at radius 1 is 1.16 bits per heavy atom. The van der Waals surface area contributed by atoms with E-state index in [1.165, 1.54) is 0 Å². The number of H-pyrrole nitrogens is 1. The van der Waals surface area contributed by atoms with E-state index in [9.17, 15) is 14.9 Å². The average Bonchev–Trinajstić information content (AvgIpc) is 3.26. The number of hydrogen-bond donors (Lipinski definition) is 1. The first-order valence-corrected chi connectivity index (χ1v) is 12.5. The van der Waals surface area contributed by atoms with Crippen molar-refractivity contribution in [3.05, 3.63) is 69.9 Å². The summed E-state index contributed by atoms with van der Waals surface area (Å²) in [5, 5.41) is 10.1. The van der Waals surface area contributed by atoms with Crippen molar-refractivity contribution in [1.29, 1.82) is 5.26 Å². The second kappa shape index (κ2) is 8.52. The zero-order valence-corrected chi connectivity index (χ0v) is 22.1. The lowest BCUT2D eigenvalue weighted by molar-refractivity contribution is 0.0270. The van der Waals surface area contributed by atoms with Gasteiger partial charge < -0.3 is 19.4 Å². The van der Waals surface area contributed by atoms with Crippen molar-refractivity contribution < 1.29 is 19.1 Å². The van der Waals surface area contributed by atoms with Crippen molar-refractivity contribution in [3.63, 3.8) is 0 Å². The third-order valence-electron chi connectivity index (χ3n) is 7.24. The molecule has 0 bridgehead atoms. The molecule has 0 fully saturated rings. The number of benzene rings is 2. The topological polar surface area (TPSA) is 95.4 Å². The lowest BCUT2D eigenvalue weighted by atomic mass is 9.70. The Labute approximate surface area is 216 Å². The van der Waals surface area contributed by atoms with Crippen molar-refractivity contribution in [1.82, 2.24) is 9.88 Å². The van der Waals surface area contributed by atoms with Gasteiger partial charge in [-0.2, -0.15) is 5.26 Å². The fourth-order valence-corrected chi connectivity index (χ4v) is 5.35. The summed E-state index contributed by atoms with van der Waals surface area (Å²) >= 11 is 0. The van der Waals surface area contributed by atoms with Crippen LogP contribution in [0.2, 0.25) is 0 Å². The van der Waals surface area contributed by atoms with Crippen molar-refractivity contribution in [2.45, 2.75) is 52.1 Å². The normalized spacial score (nSPS) is 16.5. The highest BCUT2D eigenvalue weighted by atomic mass is 16.6. The highest BCUT2D eigenvalue weighted by molar-refractivity contribution is 6.20. The third kappa shape index (κ3) is 4.07. The molecule has 3 aromatic rings. The molecular weight excluding hydrogens is 466 g/mol. The molecule has 2 aliphatic rings. The number of nitriles is 1. The molecule has 190 valence electrons. The zero-order chi connectivity index (χ0) is 26.7. The fraction of sp³-hybridized carbons (Fsp3) is 0.367. The molecule has 1 aliphatic heterocycles. The quantitative estimate of drug-likeness (QED) is 0.473. The van der Waals surface area contributed by atoms with E-state index in [2.05, 4.69) is 24.9 Å². The first-order valence-electron chi connectivity index (χ1n) is 12.5. The molecule has 7 nitrogen and oxygen atoms in total. The van der Waals surface area contributed by atoms with Crippen LogP contribution in [0.4, 0.5) is 4.79 Å². The number of carbonyl (C=O) groups excluding carboxylic acids is 2. The number of hydrogen-bond acceptors (Lipinski definition) is 5. The van der Waals surface area contributed by atoms with Gasteiger partial charge in [-0.05, 0) is 62.6 Å². The summed E-state index contributed by atoms with van der Waals surface area (Å²) in [6.07, 6.45) is 2.31. The molecule has 37 heavy (non-hydrogen) atoms. The van der Waals surface area contributed by atoms with Gasteiger partial charge in [0, 0.05) is 46.2 Å². The Kier molecular flexibility index (Phi) is 5.67. The molecule has 1 aliphatic carbocycles. The van der Waals surface area contributed by atoms with Crippen LogP contribution in [-0.2, 0) is 10.2 Å². The minimum atomic E-state index is -0.548. The largest absolute Gasteiger partial charge is 0.496 e. The van der Waals surface area contributed by atoms with E-state index in [0.29, 0.717) is 42.0 Å². The maximum absolute atomic E-state index is 13.9. The van der Waals surface area contributed by atoms with Gasteiger partial charge in [-0.3, -0.25) is 4.79 Å². The average molecular weight is 498 g/mol. The number of carbonyl (C=O) groups is 2. The molecule has 0 atom stereocenters. The first kappa shape index (κ1) is 24.6. The monoisotopic (exact) mass is 497 g/mol. The molecular formula is C30H31N3O4. The lowest BCUT2D eigenvalue weighted by Gasteiger charge is -2.34. The molecule has 1 N–H and O–H groups in total. The summed E-state index contributed by atoms with van der Waals surface area (Å²) < 4.78 is 11.3. The number of ether oxygens (including phenoxy) is 2. The molecule has 1 aromatic heterocycles. The highest BCUT2D eigenvalue weighted by Crippen LogP contribution is 2.46. The Bertz CT molecular complexity index is 1530. The first-order chi connectivity index (χ1) is 17.4. The number of nitrogens with zero attached hydrogens (tertiary/aromatic N) is 2. The van der Waals surface area contributed by atoms with Crippen LogP contribution in [0.25, 0.3) is 16.5 Å². The van der Waals surface area contributed by atoms with Gasteiger partial charge in [-0.1, -0.05) is 26.0 Å². The smallest absolute Gasteiger partial charge is 0.410 e. The van der Waals surface area contributed by atoms with Gasteiger partial charge in [-0.15, -0.1) is 0 Å². The van der Waals surface area contributed by atoms with Crippen molar-refractivity contribution >= 4 is 28.4 Å². The number of aromatic nitrogens is 1. The molecule has 1 amide bonds. The molecule has 0 unspecified atom stereocenters. The van der Waals surface area contributed by atoms with E-state index in [0.717, 1.165) is 33.3 Å². The number of aromatic amines is 1. The molecule has 2 heterocycles. The fourth-order valence-electron chi connectivity index (χ4n) is 5.35. The van der Waals surface area contributed by atoms with E-state index in [4.69, 9.17) is 9.47 Å². The summed E-state index contributed by atoms with van der Waals surface area (Å²) in [6, 6.07) is 11.5. The van der Waals surface area contributed by atoms with Gasteiger partial charge in [0.05, 0.1) is 24.3 Å². The SMILES string of the molecule is COc1cc2c(cc1C1=CCN(C(=O)OC(C)(C)C)CC1)C(=O)c1c([nH]c3cc(C#N)ccc13)C2(C)C. The Morgan fingerprint density at radius 2 is 1.92 bits per heavy atom. The van der Waals surface area contributed by atoms with Gasteiger partial charge in [0.2, 0.25) is 0 Å². The number of nitrogens with one attached hydrogen (secondary N) is 1. The van der Waals surface area contributed by atoms with Crippen molar-refractivity contribution in [3.8, 4) is 11.8 Å². The van der Waals surface area contributed by atoms with E-state index in [1.807, 2.05) is 45.0 Å². The predicted molar refractivity (Wildman–Crippen MR) is 142 cm³/mol. The van der Waals surface area contributed by atoms with Gasteiger partial charge in [0.25, 0.3) is 0 Å². The summed E-state index contributed by atoms with van der Waals surface area (Å²) in [4.78, 5) is 31.5. The van der Waals surface area contributed by atoms with Gasteiger partial charge in [-0.25, -0.2) is 4.79 Å². The molecule has 0 saturated carbocycles. The maximum atomic E-state index is 13.9. The molecule has 7 heteroatoms. The zero-order valence-electron chi connectivity index (χ0n) is 22.1. The third-order valence-corrected chi connectivity index (χ3v) is 7.24. The van der Waals surface area contributed by atoms with Crippen LogP contribution >= 0.6 is 0 Å². The summed E-state index contributed by atoms with van der Waals surface area (Å²) in [5.74, 6) is 0.652. The van der Waals surface area contributed by atoms with Crippen LogP contribution in [-0.4, -0.2) is 47.6 Å². The lowest BCUT2D eigenvalue weighted by Crippen LogP contribution is -2.39. The Balaban J connectivity index is 1.56.